The van der Waals surface area contributed by atoms with Gasteiger partial charge in [-0.05, 0) is 11.3 Å². The first kappa shape index (κ1) is 15.6. The van der Waals surface area contributed by atoms with Gasteiger partial charge in [0.15, 0.2) is 5.13 Å². The molecular weight excluding hydrogens is 264 g/mol. The number of carbonyl (C=O) groups is 2. The smallest absolute Gasteiger partial charge is 0.309 e. The molecule has 106 valence electrons. The molecule has 0 aliphatic carbocycles. The number of carboxylic acid groups (broad SMARTS) is 1. The van der Waals surface area contributed by atoms with E-state index in [1.165, 1.54) is 11.3 Å². The second-order valence-electron chi connectivity index (χ2n) is 5.73. The van der Waals surface area contributed by atoms with Crippen molar-refractivity contribution in [3.8, 4) is 0 Å². The SMILES string of the molecule is CC(CC(=O)Nc1nc(CC(=O)O)cs1)C(C)(C)C. The average Bonchev–Trinajstić information content (AvgIpc) is 2.62. The van der Waals surface area contributed by atoms with Gasteiger partial charge in [-0.3, -0.25) is 9.59 Å². The first-order chi connectivity index (χ1) is 8.68. The lowest BCUT2D eigenvalue weighted by Gasteiger charge is -2.26. The van der Waals surface area contributed by atoms with Crippen LogP contribution in [0, 0.1) is 11.3 Å². The van der Waals surface area contributed by atoms with Crippen molar-refractivity contribution in [3.63, 3.8) is 0 Å². The second-order valence-corrected chi connectivity index (χ2v) is 6.59. The lowest BCUT2D eigenvalue weighted by atomic mass is 9.80. The zero-order valence-corrected chi connectivity index (χ0v) is 12.5. The van der Waals surface area contributed by atoms with Crippen LogP contribution in [0.1, 0.15) is 39.8 Å². The van der Waals surface area contributed by atoms with Crippen molar-refractivity contribution in [1.29, 1.82) is 0 Å². The Balaban J connectivity index is 2.53. The molecule has 19 heavy (non-hydrogen) atoms. The Morgan fingerprint density at radius 2 is 2.11 bits per heavy atom. The molecule has 0 saturated carbocycles. The molecule has 0 aliphatic rings. The maximum atomic E-state index is 11.8. The van der Waals surface area contributed by atoms with Crippen LogP contribution in [0.2, 0.25) is 0 Å². The van der Waals surface area contributed by atoms with E-state index in [1.807, 2.05) is 6.92 Å². The van der Waals surface area contributed by atoms with E-state index in [2.05, 4.69) is 31.1 Å². The normalized spacial score (nSPS) is 13.1. The molecule has 1 heterocycles. The summed E-state index contributed by atoms with van der Waals surface area (Å²) in [5, 5.41) is 13.5. The van der Waals surface area contributed by atoms with E-state index < -0.39 is 5.97 Å². The number of carboxylic acids is 1. The van der Waals surface area contributed by atoms with Crippen LogP contribution >= 0.6 is 11.3 Å². The highest BCUT2D eigenvalue weighted by Gasteiger charge is 2.22. The van der Waals surface area contributed by atoms with Gasteiger partial charge in [0, 0.05) is 11.8 Å². The van der Waals surface area contributed by atoms with Gasteiger partial charge in [0.2, 0.25) is 5.91 Å². The molecule has 0 spiro atoms. The van der Waals surface area contributed by atoms with Crippen LogP contribution in [0.5, 0.6) is 0 Å². The Kier molecular flexibility index (Phi) is 5.05. The fourth-order valence-electron chi connectivity index (χ4n) is 1.36. The minimum Gasteiger partial charge on any atom is -0.481 e. The van der Waals surface area contributed by atoms with Gasteiger partial charge in [0.1, 0.15) is 0 Å². The third-order valence-electron chi connectivity index (χ3n) is 3.10. The maximum Gasteiger partial charge on any atom is 0.309 e. The van der Waals surface area contributed by atoms with Gasteiger partial charge in [0.25, 0.3) is 0 Å². The number of hydrogen-bond acceptors (Lipinski definition) is 4. The van der Waals surface area contributed by atoms with Gasteiger partial charge >= 0.3 is 5.97 Å². The molecule has 0 saturated heterocycles. The lowest BCUT2D eigenvalue weighted by molar-refractivity contribution is -0.136. The zero-order chi connectivity index (χ0) is 14.6. The van der Waals surface area contributed by atoms with Crippen molar-refractivity contribution >= 4 is 28.3 Å². The summed E-state index contributed by atoms with van der Waals surface area (Å²) in [5.41, 5.74) is 0.547. The summed E-state index contributed by atoms with van der Waals surface area (Å²) in [6, 6.07) is 0. The standard InChI is InChI=1S/C13H20N2O3S/c1-8(13(2,3)4)5-10(16)15-12-14-9(7-19-12)6-11(17)18/h7-8H,5-6H2,1-4H3,(H,17,18)(H,14,15,16). The molecule has 0 aromatic carbocycles. The molecule has 0 fully saturated rings. The first-order valence-electron chi connectivity index (χ1n) is 6.14. The van der Waals surface area contributed by atoms with Crippen molar-refractivity contribution < 1.29 is 14.7 Å². The van der Waals surface area contributed by atoms with E-state index in [0.717, 1.165) is 0 Å². The molecule has 0 bridgehead atoms. The third kappa shape index (κ3) is 5.38. The summed E-state index contributed by atoms with van der Waals surface area (Å²) in [4.78, 5) is 26.4. The number of hydrogen-bond donors (Lipinski definition) is 2. The van der Waals surface area contributed by atoms with Crippen molar-refractivity contribution in [3.05, 3.63) is 11.1 Å². The van der Waals surface area contributed by atoms with Crippen molar-refractivity contribution in [2.45, 2.75) is 40.5 Å². The summed E-state index contributed by atoms with van der Waals surface area (Å²) in [6.07, 6.45) is 0.308. The number of aromatic nitrogens is 1. The fourth-order valence-corrected chi connectivity index (χ4v) is 2.08. The molecule has 0 radical (unpaired) electrons. The third-order valence-corrected chi connectivity index (χ3v) is 3.91. The Bertz CT molecular complexity index is 463. The van der Waals surface area contributed by atoms with Crippen LogP contribution in [0.4, 0.5) is 5.13 Å². The molecule has 6 heteroatoms. The maximum absolute atomic E-state index is 11.8. The molecule has 0 aliphatic heterocycles. The molecule has 1 aromatic heterocycles. The Morgan fingerprint density at radius 1 is 1.47 bits per heavy atom. The number of amides is 1. The minimum atomic E-state index is -0.926. The van der Waals surface area contributed by atoms with E-state index in [4.69, 9.17) is 5.11 Å². The monoisotopic (exact) mass is 284 g/mol. The van der Waals surface area contributed by atoms with Crippen molar-refractivity contribution in [2.75, 3.05) is 5.32 Å². The number of rotatable bonds is 5. The highest BCUT2D eigenvalue weighted by Crippen LogP contribution is 2.28. The average molecular weight is 284 g/mol. The molecule has 5 nitrogen and oxygen atoms in total. The fraction of sp³-hybridized carbons (Fsp3) is 0.615. The molecule has 1 atom stereocenters. The van der Waals surface area contributed by atoms with Crippen molar-refractivity contribution in [1.82, 2.24) is 4.98 Å². The summed E-state index contributed by atoms with van der Waals surface area (Å²) in [5.74, 6) is -0.755. The van der Waals surface area contributed by atoms with E-state index in [0.29, 0.717) is 17.2 Å². The van der Waals surface area contributed by atoms with Crippen LogP contribution in [0.3, 0.4) is 0 Å². The number of carbonyl (C=O) groups excluding carboxylic acids is 1. The summed E-state index contributed by atoms with van der Waals surface area (Å²) < 4.78 is 0. The Hall–Kier alpha value is -1.43. The predicted octanol–water partition coefficient (Wildman–Crippen LogP) is 2.78. The quantitative estimate of drug-likeness (QED) is 0.871. The number of anilines is 1. The Labute approximate surface area is 117 Å². The first-order valence-corrected chi connectivity index (χ1v) is 7.02. The highest BCUT2D eigenvalue weighted by molar-refractivity contribution is 7.13. The van der Waals surface area contributed by atoms with Gasteiger partial charge in [0.05, 0.1) is 12.1 Å². The molecular formula is C13H20N2O3S. The summed E-state index contributed by atoms with van der Waals surface area (Å²) in [6.45, 7) is 8.33. The van der Waals surface area contributed by atoms with Gasteiger partial charge in [-0.2, -0.15) is 0 Å². The van der Waals surface area contributed by atoms with E-state index in [1.54, 1.807) is 5.38 Å². The van der Waals surface area contributed by atoms with E-state index >= 15 is 0 Å². The molecule has 1 unspecified atom stereocenters. The van der Waals surface area contributed by atoms with Crippen molar-refractivity contribution in [2.24, 2.45) is 11.3 Å². The van der Waals surface area contributed by atoms with Crippen LogP contribution in [0.15, 0.2) is 5.38 Å². The molecule has 1 amide bonds. The van der Waals surface area contributed by atoms with E-state index in [-0.39, 0.29) is 23.7 Å². The summed E-state index contributed by atoms with van der Waals surface area (Å²) in [7, 11) is 0. The molecule has 2 N–H and O–H groups in total. The largest absolute Gasteiger partial charge is 0.481 e. The van der Waals surface area contributed by atoms with Crippen LogP contribution < -0.4 is 5.32 Å². The number of nitrogens with one attached hydrogen (secondary N) is 1. The van der Waals surface area contributed by atoms with Gasteiger partial charge in [-0.15, -0.1) is 11.3 Å². The summed E-state index contributed by atoms with van der Waals surface area (Å²) >= 11 is 1.25. The number of aliphatic carboxylic acids is 1. The van der Waals surface area contributed by atoms with Crippen LogP contribution in [0.25, 0.3) is 0 Å². The number of thiazole rings is 1. The van der Waals surface area contributed by atoms with Crippen LogP contribution in [-0.2, 0) is 16.0 Å². The topological polar surface area (TPSA) is 79.3 Å². The lowest BCUT2D eigenvalue weighted by Crippen LogP contribution is -2.23. The second kappa shape index (κ2) is 6.14. The molecule has 1 aromatic rings. The minimum absolute atomic E-state index is 0.0781. The zero-order valence-electron chi connectivity index (χ0n) is 11.7. The van der Waals surface area contributed by atoms with Crippen LogP contribution in [-0.4, -0.2) is 22.0 Å². The predicted molar refractivity (Wildman–Crippen MR) is 75.3 cm³/mol. The van der Waals surface area contributed by atoms with Gasteiger partial charge in [-0.1, -0.05) is 27.7 Å². The highest BCUT2D eigenvalue weighted by atomic mass is 32.1. The Morgan fingerprint density at radius 3 is 2.63 bits per heavy atom. The number of nitrogens with zero attached hydrogens (tertiary/aromatic N) is 1. The van der Waals surface area contributed by atoms with Gasteiger partial charge in [-0.25, -0.2) is 4.98 Å². The van der Waals surface area contributed by atoms with E-state index in [9.17, 15) is 9.59 Å². The van der Waals surface area contributed by atoms with Gasteiger partial charge < -0.3 is 10.4 Å². The molecule has 1 rings (SSSR count).